The lowest BCUT2D eigenvalue weighted by atomic mass is 10.00. The van der Waals surface area contributed by atoms with Gasteiger partial charge < -0.3 is 5.11 Å². The van der Waals surface area contributed by atoms with Crippen molar-refractivity contribution >= 4 is 33.0 Å². The van der Waals surface area contributed by atoms with Gasteiger partial charge in [-0.25, -0.2) is 13.4 Å². The van der Waals surface area contributed by atoms with Gasteiger partial charge >= 0.3 is 0 Å². The van der Waals surface area contributed by atoms with Gasteiger partial charge in [0.25, 0.3) is 10.0 Å². The normalized spacial score (nSPS) is 11.7. The van der Waals surface area contributed by atoms with Gasteiger partial charge in [0.05, 0.1) is 21.8 Å². The zero-order valence-electron chi connectivity index (χ0n) is 16.4. The number of nitrogens with one attached hydrogen (secondary N) is 1. The number of hydrogen-bond donors (Lipinski definition) is 2. The molecule has 0 saturated heterocycles. The number of carbonyl (C=O) groups excluding carboxylic acids is 1. The maximum atomic E-state index is 12.4. The predicted octanol–water partition coefficient (Wildman–Crippen LogP) is 4.84. The Morgan fingerprint density at radius 3 is 2.30 bits per heavy atom. The summed E-state index contributed by atoms with van der Waals surface area (Å²) in [6, 6.07) is 15.1. The number of benzene rings is 2. The van der Waals surface area contributed by atoms with Crippen molar-refractivity contribution < 1.29 is 18.3 Å². The summed E-state index contributed by atoms with van der Waals surface area (Å²) in [6.07, 6.45) is 1.49. The second-order valence-corrected chi connectivity index (χ2v) is 8.42. The van der Waals surface area contributed by atoms with Crippen LogP contribution in [0.15, 0.2) is 82.0 Å². The first-order valence-electron chi connectivity index (χ1n) is 9.09. The van der Waals surface area contributed by atoms with Crippen LogP contribution in [0.5, 0.6) is 5.75 Å². The second-order valence-electron chi connectivity index (χ2n) is 6.73. The summed E-state index contributed by atoms with van der Waals surface area (Å²) >= 11 is 0. The first-order valence-corrected chi connectivity index (χ1v) is 10.6. The first-order chi connectivity index (χ1) is 14.3. The van der Waals surface area contributed by atoms with Gasteiger partial charge in [0, 0.05) is 12.1 Å². The van der Waals surface area contributed by atoms with Crippen LogP contribution in [0.1, 0.15) is 24.2 Å². The fourth-order valence-electron chi connectivity index (χ4n) is 2.52. The van der Waals surface area contributed by atoms with Gasteiger partial charge in [0.2, 0.25) is 0 Å². The fraction of sp³-hybridized carbons (Fsp3) is 0.143. The zero-order valence-corrected chi connectivity index (χ0v) is 17.2. The van der Waals surface area contributed by atoms with E-state index in [1.165, 1.54) is 48.7 Å². The van der Waals surface area contributed by atoms with E-state index in [9.17, 15) is 18.3 Å². The molecule has 0 fully saturated rings. The highest BCUT2D eigenvalue weighted by atomic mass is 32.2. The molecular weight excluding hydrogens is 404 g/mol. The van der Waals surface area contributed by atoms with Gasteiger partial charge in [-0.05, 0) is 54.6 Å². The number of aromatic nitrogens is 1. The number of hydrogen-bond acceptors (Lipinski definition) is 7. The molecule has 3 rings (SSSR count). The van der Waals surface area contributed by atoms with E-state index in [1.807, 2.05) is 0 Å². The highest BCUT2D eigenvalue weighted by Crippen LogP contribution is 2.27. The molecule has 0 radical (unpaired) electrons. The molecule has 154 valence electrons. The van der Waals surface area contributed by atoms with E-state index in [0.29, 0.717) is 11.4 Å². The lowest BCUT2D eigenvalue weighted by Crippen LogP contribution is -2.13. The van der Waals surface area contributed by atoms with Crippen LogP contribution in [-0.2, 0) is 10.0 Å². The Kier molecular flexibility index (Phi) is 6.22. The Hall–Kier alpha value is -3.59. The largest absolute Gasteiger partial charge is 0.507 e. The summed E-state index contributed by atoms with van der Waals surface area (Å²) in [4.78, 5) is 16.2. The number of aromatic hydroxyl groups is 1. The van der Waals surface area contributed by atoms with Crippen molar-refractivity contribution in [3.63, 3.8) is 0 Å². The summed E-state index contributed by atoms with van der Waals surface area (Å²) in [5.74, 6) is -0.347. The van der Waals surface area contributed by atoms with Crippen molar-refractivity contribution in [2.24, 2.45) is 16.1 Å². The number of anilines is 1. The maximum absolute atomic E-state index is 12.4. The van der Waals surface area contributed by atoms with Crippen LogP contribution >= 0.6 is 0 Å². The van der Waals surface area contributed by atoms with Crippen LogP contribution in [0.3, 0.4) is 0 Å². The number of nitrogens with zero attached hydrogens (tertiary/aromatic N) is 3. The topological polar surface area (TPSA) is 121 Å². The highest BCUT2D eigenvalue weighted by molar-refractivity contribution is 7.92. The summed E-state index contributed by atoms with van der Waals surface area (Å²) in [6.45, 7) is 3.49. The van der Waals surface area contributed by atoms with Crippen molar-refractivity contribution in [1.29, 1.82) is 0 Å². The quantitative estimate of drug-likeness (QED) is 0.415. The minimum absolute atomic E-state index is 0.0570. The molecule has 3 aromatic rings. The van der Waals surface area contributed by atoms with Crippen LogP contribution in [0, 0.1) is 5.92 Å². The van der Waals surface area contributed by atoms with E-state index in [4.69, 9.17) is 0 Å². The molecule has 0 aliphatic rings. The number of ketones is 1. The molecule has 0 saturated carbocycles. The number of phenols is 1. The molecule has 9 heteroatoms. The van der Waals surface area contributed by atoms with E-state index < -0.39 is 10.0 Å². The lowest BCUT2D eigenvalue weighted by molar-refractivity contribution is 0.0936. The zero-order chi connectivity index (χ0) is 21.7. The van der Waals surface area contributed by atoms with Crippen LogP contribution in [-0.4, -0.2) is 24.3 Å². The van der Waals surface area contributed by atoms with Crippen LogP contribution in [0.4, 0.5) is 17.2 Å². The van der Waals surface area contributed by atoms with Gasteiger partial charge in [0.15, 0.2) is 5.78 Å². The third kappa shape index (κ3) is 5.06. The summed E-state index contributed by atoms with van der Waals surface area (Å²) in [5, 5.41) is 18.0. The van der Waals surface area contributed by atoms with Crippen LogP contribution in [0.2, 0.25) is 0 Å². The minimum atomic E-state index is -3.78. The number of rotatable bonds is 7. The van der Waals surface area contributed by atoms with Crippen molar-refractivity contribution in [2.75, 3.05) is 4.72 Å². The third-order valence-corrected chi connectivity index (χ3v) is 5.47. The van der Waals surface area contributed by atoms with Gasteiger partial charge in [-0.2, -0.15) is 10.2 Å². The molecule has 30 heavy (non-hydrogen) atoms. The number of pyridine rings is 1. The summed E-state index contributed by atoms with van der Waals surface area (Å²) in [5.41, 5.74) is 1.01. The fourth-order valence-corrected chi connectivity index (χ4v) is 3.53. The Bertz CT molecular complexity index is 1180. The Morgan fingerprint density at radius 1 is 1.00 bits per heavy atom. The number of phenolic OH excluding ortho intramolecular Hbond substituents is 1. The molecule has 0 aliphatic carbocycles. The number of Topliss-reactive ketones (excluding diaryl/α,β-unsaturated/α-hetero) is 1. The molecule has 0 unspecified atom stereocenters. The van der Waals surface area contributed by atoms with Crippen LogP contribution < -0.4 is 4.72 Å². The summed E-state index contributed by atoms with van der Waals surface area (Å²) in [7, 11) is -3.78. The monoisotopic (exact) mass is 424 g/mol. The molecule has 0 aliphatic heterocycles. The molecule has 8 nitrogen and oxygen atoms in total. The van der Waals surface area contributed by atoms with E-state index >= 15 is 0 Å². The van der Waals surface area contributed by atoms with Gasteiger partial charge in [-0.15, -0.1) is 0 Å². The Labute approximate surface area is 174 Å². The molecule has 2 aromatic carbocycles. The molecule has 1 aromatic heterocycles. The van der Waals surface area contributed by atoms with Crippen molar-refractivity contribution in [3.8, 4) is 5.75 Å². The maximum Gasteiger partial charge on any atom is 0.263 e. The van der Waals surface area contributed by atoms with E-state index in [2.05, 4.69) is 19.9 Å². The van der Waals surface area contributed by atoms with E-state index in [1.54, 1.807) is 32.0 Å². The molecular formula is C21H20N4O4S. The Morgan fingerprint density at radius 2 is 1.67 bits per heavy atom. The number of sulfonamides is 1. The van der Waals surface area contributed by atoms with E-state index in [-0.39, 0.29) is 33.7 Å². The molecule has 1 heterocycles. The second kappa shape index (κ2) is 8.83. The molecule has 0 bridgehead atoms. The molecule has 0 atom stereocenters. The van der Waals surface area contributed by atoms with Gasteiger partial charge in [0.1, 0.15) is 11.6 Å². The smallest absolute Gasteiger partial charge is 0.263 e. The Balaban J connectivity index is 1.77. The predicted molar refractivity (Wildman–Crippen MR) is 113 cm³/mol. The average Bonchev–Trinajstić information content (AvgIpc) is 2.73. The molecule has 0 amide bonds. The van der Waals surface area contributed by atoms with Crippen molar-refractivity contribution in [2.45, 2.75) is 18.7 Å². The molecule has 0 spiro atoms. The lowest BCUT2D eigenvalue weighted by Gasteiger charge is -2.07. The van der Waals surface area contributed by atoms with Crippen LogP contribution in [0.25, 0.3) is 0 Å². The standard InChI is InChI=1S/C21H20N4O4S/c1-14(2)21(27)18-13-16(8-11-19(18)26)24-23-15-6-9-17(10-7-15)30(28,29)25-20-5-3-4-12-22-20/h3-14,26H,1-2H3,(H,22,25)/b24-23+. The first kappa shape index (κ1) is 21.1. The van der Waals surface area contributed by atoms with Crippen molar-refractivity contribution in [3.05, 3.63) is 72.4 Å². The SMILES string of the molecule is CC(C)C(=O)c1cc(/N=N/c2ccc(S(=O)(=O)Nc3ccccn3)cc2)ccc1O. The third-order valence-electron chi connectivity index (χ3n) is 4.10. The number of carbonyl (C=O) groups is 1. The number of azo groups is 1. The minimum Gasteiger partial charge on any atom is -0.507 e. The van der Waals surface area contributed by atoms with Gasteiger partial charge in [-0.3, -0.25) is 9.52 Å². The highest BCUT2D eigenvalue weighted by Gasteiger charge is 2.16. The van der Waals surface area contributed by atoms with Gasteiger partial charge in [-0.1, -0.05) is 19.9 Å². The molecule has 2 N–H and O–H groups in total. The average molecular weight is 424 g/mol. The van der Waals surface area contributed by atoms with Crippen molar-refractivity contribution in [1.82, 2.24) is 4.98 Å². The summed E-state index contributed by atoms with van der Waals surface area (Å²) < 4.78 is 27.2. The van der Waals surface area contributed by atoms with E-state index in [0.717, 1.165) is 0 Å².